The minimum atomic E-state index is -2.11. The number of benzene rings is 2. The third-order valence-electron chi connectivity index (χ3n) is 7.69. The lowest BCUT2D eigenvalue weighted by atomic mass is 9.96. The molecule has 1 unspecified atom stereocenters. The number of amides is 1. The largest absolute Gasteiger partial charge is 0.509 e. The highest BCUT2D eigenvalue weighted by atomic mass is 31.1. The van der Waals surface area contributed by atoms with Crippen LogP contribution in [-0.4, -0.2) is 94.4 Å². The molecular weight excluding hydrogens is 579 g/mol. The molecule has 1 amide bonds. The fraction of sp³-hybridized carbons (Fsp3) is 0.576. The Balaban J connectivity index is 0.000000860. The average Bonchev–Trinajstić information content (AvgIpc) is 2.99. The predicted octanol–water partition coefficient (Wildman–Crippen LogP) is 6.61. The molecule has 1 aliphatic heterocycles. The van der Waals surface area contributed by atoms with Crippen LogP contribution in [0.4, 0.5) is 11.4 Å². The second kappa shape index (κ2) is 18.6. The van der Waals surface area contributed by atoms with E-state index in [1.807, 2.05) is 74.4 Å². The van der Waals surface area contributed by atoms with Crippen LogP contribution in [0.15, 0.2) is 36.4 Å². The summed E-state index contributed by atoms with van der Waals surface area (Å²) in [6.07, 6.45) is 1.87. The van der Waals surface area contributed by atoms with Gasteiger partial charge in [0.2, 0.25) is 5.91 Å². The van der Waals surface area contributed by atoms with Crippen molar-refractivity contribution in [3.8, 4) is 11.5 Å². The van der Waals surface area contributed by atoms with Crippen LogP contribution in [0.25, 0.3) is 0 Å². The van der Waals surface area contributed by atoms with Gasteiger partial charge in [-0.05, 0) is 49.2 Å². The highest BCUT2D eigenvalue weighted by Gasteiger charge is 2.36. The van der Waals surface area contributed by atoms with Gasteiger partial charge in [0.1, 0.15) is 11.5 Å². The summed E-state index contributed by atoms with van der Waals surface area (Å²) in [4.78, 5) is 31.1. The number of carboxylic acid groups (broad SMARTS) is 1. The summed E-state index contributed by atoms with van der Waals surface area (Å²) >= 11 is 0. The number of nitrogens with zero attached hydrogens (tertiary/aromatic N) is 4. The zero-order valence-corrected chi connectivity index (χ0v) is 28.7. The first-order chi connectivity index (χ1) is 20.9. The number of anilines is 2. The summed E-state index contributed by atoms with van der Waals surface area (Å²) in [5.74, 6) is 0.395. The van der Waals surface area contributed by atoms with E-state index in [1.54, 1.807) is 11.9 Å². The maximum atomic E-state index is 13.0. The Morgan fingerprint density at radius 1 is 0.818 bits per heavy atom. The molecule has 1 heterocycles. The van der Waals surface area contributed by atoms with E-state index in [0.29, 0.717) is 24.5 Å². The second-order valence-electron chi connectivity index (χ2n) is 11.3. The number of rotatable bonds is 16. The number of fused-ring (bicyclic) bond motifs is 2. The summed E-state index contributed by atoms with van der Waals surface area (Å²) in [7, 11) is 7.42. The van der Waals surface area contributed by atoms with Gasteiger partial charge >= 0.3 is 14.0 Å². The molecule has 10 nitrogen and oxygen atoms in total. The Labute approximate surface area is 264 Å². The predicted molar refractivity (Wildman–Crippen MR) is 179 cm³/mol. The van der Waals surface area contributed by atoms with Crippen LogP contribution in [0.2, 0.25) is 0 Å². The van der Waals surface area contributed by atoms with Crippen LogP contribution in [0.3, 0.4) is 0 Å². The Hall–Kier alpha value is -3.20. The second-order valence-corrected chi connectivity index (χ2v) is 12.6. The fourth-order valence-corrected chi connectivity index (χ4v) is 5.70. The number of hydrogen-bond donors (Lipinski definition) is 1. The van der Waals surface area contributed by atoms with Crippen LogP contribution in [-0.2, 0) is 18.7 Å². The van der Waals surface area contributed by atoms with E-state index in [-0.39, 0.29) is 24.9 Å². The van der Waals surface area contributed by atoms with Gasteiger partial charge in [0, 0.05) is 82.8 Å². The van der Waals surface area contributed by atoms with Crippen molar-refractivity contribution < 1.29 is 28.5 Å². The summed E-state index contributed by atoms with van der Waals surface area (Å²) in [6, 6.07) is 11.7. The van der Waals surface area contributed by atoms with Crippen LogP contribution < -0.4 is 14.5 Å². The summed E-state index contributed by atoms with van der Waals surface area (Å²) in [5.41, 5.74) is 3.55. The normalized spacial score (nSPS) is 12.3. The van der Waals surface area contributed by atoms with Crippen LogP contribution in [0.5, 0.6) is 11.5 Å². The summed E-state index contributed by atoms with van der Waals surface area (Å²) in [6.45, 7) is 10.7. The smallest absolute Gasteiger partial charge is 0.481 e. The molecule has 0 aliphatic carbocycles. The first kappa shape index (κ1) is 37.0. The molecule has 0 radical (unpaired) electrons. The lowest BCUT2D eigenvalue weighted by Crippen LogP contribution is -2.28. The lowest BCUT2D eigenvalue weighted by Gasteiger charge is -2.27. The van der Waals surface area contributed by atoms with Crippen molar-refractivity contribution in [2.45, 2.75) is 59.0 Å². The minimum Gasteiger partial charge on any atom is -0.481 e. The zero-order valence-electron chi connectivity index (χ0n) is 27.8. The van der Waals surface area contributed by atoms with Gasteiger partial charge in [-0.1, -0.05) is 39.3 Å². The van der Waals surface area contributed by atoms with E-state index in [0.717, 1.165) is 35.3 Å². The number of carboxylic acids is 1. The third kappa shape index (κ3) is 11.4. The molecule has 0 spiro atoms. The molecule has 244 valence electrons. The quantitative estimate of drug-likeness (QED) is 0.162. The van der Waals surface area contributed by atoms with Crippen LogP contribution in [0.1, 0.15) is 70.1 Å². The number of unbranched alkanes of at least 4 members (excludes halogenated alkanes) is 2. The van der Waals surface area contributed by atoms with Crippen molar-refractivity contribution in [1.82, 2.24) is 9.80 Å². The molecule has 1 aliphatic rings. The number of aliphatic carboxylic acids is 1. The van der Waals surface area contributed by atoms with E-state index >= 15 is 0 Å². The molecule has 1 atom stereocenters. The molecule has 0 fully saturated rings. The molecule has 0 saturated carbocycles. The Kier molecular flexibility index (Phi) is 15.6. The molecular formula is C33H52N4O6P+. The van der Waals surface area contributed by atoms with Gasteiger partial charge in [0.25, 0.3) is 0 Å². The SMILES string of the molecule is CCN(CC)CC.CN(CCCCCC(=O)O)C(=O)CC[P+](=O)OC1c2ccc(N(C)C)cc2Oc2cc(N(C)C)ccc21. The molecule has 11 heteroatoms. The molecule has 1 N–H and O–H groups in total. The number of carbonyl (C=O) groups is 2. The molecule has 2 aromatic rings. The highest BCUT2D eigenvalue weighted by molar-refractivity contribution is 7.39. The van der Waals surface area contributed by atoms with Gasteiger partial charge in [-0.25, -0.2) is 0 Å². The standard InChI is InChI=1S/C27H36N3O6P.C6H15N/c1-28(2)19-10-12-21-23(17-19)35-24-18-20(29(3)4)11-13-22(24)27(21)36-37(34)16-14-25(31)30(5)15-8-6-7-9-26(32)33;1-4-7(5-2)6-3/h10-13,17-18,27H,6-9,14-16H2,1-5H3;4-6H2,1-3H3/p+1. The lowest BCUT2D eigenvalue weighted by molar-refractivity contribution is -0.137. The number of carbonyl (C=O) groups excluding carboxylic acids is 1. The van der Waals surface area contributed by atoms with E-state index < -0.39 is 20.1 Å². The maximum absolute atomic E-state index is 13.0. The molecule has 0 bridgehead atoms. The maximum Gasteiger partial charge on any atom is 0.509 e. The first-order valence-electron chi connectivity index (χ1n) is 15.5. The van der Waals surface area contributed by atoms with Crippen molar-refractivity contribution in [2.24, 2.45) is 0 Å². The van der Waals surface area contributed by atoms with Crippen molar-refractivity contribution in [3.05, 3.63) is 47.5 Å². The molecule has 44 heavy (non-hydrogen) atoms. The van der Waals surface area contributed by atoms with Crippen LogP contribution in [0, 0.1) is 0 Å². The zero-order chi connectivity index (χ0) is 32.8. The van der Waals surface area contributed by atoms with Gasteiger partial charge in [0.05, 0.1) is 6.42 Å². The van der Waals surface area contributed by atoms with Gasteiger partial charge < -0.3 is 29.4 Å². The van der Waals surface area contributed by atoms with Gasteiger partial charge in [0.15, 0.2) is 12.3 Å². The number of hydrogen-bond acceptors (Lipinski definition) is 8. The average molecular weight is 632 g/mol. The van der Waals surface area contributed by atoms with Crippen molar-refractivity contribution in [3.63, 3.8) is 0 Å². The Bertz CT molecular complexity index is 1170. The van der Waals surface area contributed by atoms with Gasteiger partial charge in [-0.15, -0.1) is 4.52 Å². The van der Waals surface area contributed by atoms with Crippen molar-refractivity contribution in [2.75, 3.05) is 77.4 Å². The molecule has 3 rings (SSSR count). The molecule has 2 aromatic carbocycles. The topological polar surface area (TPSA) is 103 Å². The number of ether oxygens (including phenoxy) is 1. The van der Waals surface area contributed by atoms with E-state index in [2.05, 4.69) is 25.7 Å². The summed E-state index contributed by atoms with van der Waals surface area (Å²) in [5, 5.41) is 8.71. The van der Waals surface area contributed by atoms with Crippen molar-refractivity contribution in [1.29, 1.82) is 0 Å². The van der Waals surface area contributed by atoms with Gasteiger partial charge in [-0.3, -0.25) is 9.59 Å². The minimum absolute atomic E-state index is 0.107. The third-order valence-corrected chi connectivity index (χ3v) is 8.73. The molecule has 0 aromatic heterocycles. The fourth-order valence-electron chi connectivity index (χ4n) is 4.76. The van der Waals surface area contributed by atoms with Crippen LogP contribution >= 0.6 is 8.03 Å². The van der Waals surface area contributed by atoms with Crippen molar-refractivity contribution >= 4 is 31.3 Å². The Morgan fingerprint density at radius 3 is 1.77 bits per heavy atom. The monoisotopic (exact) mass is 631 g/mol. The van der Waals surface area contributed by atoms with E-state index in [9.17, 15) is 14.2 Å². The van der Waals surface area contributed by atoms with Gasteiger partial charge in [-0.2, -0.15) is 0 Å². The van der Waals surface area contributed by atoms with E-state index in [1.165, 1.54) is 19.6 Å². The van der Waals surface area contributed by atoms with E-state index in [4.69, 9.17) is 14.4 Å². The molecule has 0 saturated heterocycles. The highest BCUT2D eigenvalue weighted by Crippen LogP contribution is 2.50. The first-order valence-corrected chi connectivity index (χ1v) is 16.9. The summed E-state index contributed by atoms with van der Waals surface area (Å²) < 4.78 is 25.3. The Morgan fingerprint density at radius 2 is 1.34 bits per heavy atom.